The second kappa shape index (κ2) is 10.7. The van der Waals surface area contributed by atoms with Gasteiger partial charge in [-0.05, 0) is 43.7 Å². The predicted octanol–water partition coefficient (Wildman–Crippen LogP) is 3.56. The van der Waals surface area contributed by atoms with Crippen LogP contribution in [-0.2, 0) is 14.8 Å². The van der Waals surface area contributed by atoms with Crippen molar-refractivity contribution in [2.75, 3.05) is 19.7 Å². The molecule has 0 unspecified atom stereocenters. The lowest BCUT2D eigenvalue weighted by atomic mass is 10.2. The van der Waals surface area contributed by atoms with Gasteiger partial charge in [-0.1, -0.05) is 40.9 Å². The summed E-state index contributed by atoms with van der Waals surface area (Å²) in [5, 5.41) is 3.61. The Kier molecular flexibility index (Phi) is 8.57. The summed E-state index contributed by atoms with van der Waals surface area (Å²) in [7, 11) is -3.58. The smallest absolute Gasteiger partial charge is 0.240 e. The standard InChI is InChI=1S/C19H22Cl2N2O4S/c1-14-4-7-16(8-5-14)28(25,26)23-11-10-22-19(24)3-2-12-27-18-9-6-15(20)13-17(18)21/h4-9,13,23H,2-3,10-12H2,1H3,(H,22,24). The number of hydrogen-bond donors (Lipinski definition) is 2. The second-order valence-corrected chi connectivity index (χ2v) is 8.70. The molecule has 6 nitrogen and oxygen atoms in total. The number of sulfonamides is 1. The van der Waals surface area contributed by atoms with Crippen molar-refractivity contribution in [1.29, 1.82) is 0 Å². The van der Waals surface area contributed by atoms with Gasteiger partial charge in [0.05, 0.1) is 16.5 Å². The highest BCUT2D eigenvalue weighted by Crippen LogP contribution is 2.27. The van der Waals surface area contributed by atoms with E-state index in [-0.39, 0.29) is 30.3 Å². The zero-order chi connectivity index (χ0) is 20.6. The molecule has 0 saturated heterocycles. The van der Waals surface area contributed by atoms with Crippen LogP contribution in [0.5, 0.6) is 5.75 Å². The zero-order valence-corrected chi connectivity index (χ0v) is 17.7. The van der Waals surface area contributed by atoms with E-state index in [1.807, 2.05) is 6.92 Å². The molecule has 0 aliphatic carbocycles. The number of amides is 1. The molecule has 0 atom stereocenters. The number of ether oxygens (including phenoxy) is 1. The molecule has 0 heterocycles. The molecule has 9 heteroatoms. The van der Waals surface area contributed by atoms with Crippen molar-refractivity contribution >= 4 is 39.1 Å². The summed E-state index contributed by atoms with van der Waals surface area (Å²) in [5.74, 6) is 0.331. The van der Waals surface area contributed by atoms with Crippen molar-refractivity contribution in [3.8, 4) is 5.75 Å². The second-order valence-electron chi connectivity index (χ2n) is 6.09. The number of halogens is 2. The van der Waals surface area contributed by atoms with E-state index >= 15 is 0 Å². The minimum Gasteiger partial charge on any atom is -0.492 e. The van der Waals surface area contributed by atoms with Crippen molar-refractivity contribution in [1.82, 2.24) is 10.0 Å². The molecule has 1 amide bonds. The molecule has 0 aliphatic rings. The Morgan fingerprint density at radius 2 is 1.79 bits per heavy atom. The van der Waals surface area contributed by atoms with Crippen LogP contribution in [0.1, 0.15) is 18.4 Å². The van der Waals surface area contributed by atoms with Crippen molar-refractivity contribution < 1.29 is 17.9 Å². The maximum Gasteiger partial charge on any atom is 0.240 e. The lowest BCUT2D eigenvalue weighted by molar-refractivity contribution is -0.121. The Morgan fingerprint density at radius 3 is 2.46 bits per heavy atom. The van der Waals surface area contributed by atoms with E-state index in [4.69, 9.17) is 27.9 Å². The summed E-state index contributed by atoms with van der Waals surface area (Å²) in [6.07, 6.45) is 0.760. The monoisotopic (exact) mass is 444 g/mol. The molecule has 2 aromatic carbocycles. The molecule has 0 aromatic heterocycles. The van der Waals surface area contributed by atoms with Crippen molar-refractivity contribution in [3.05, 3.63) is 58.1 Å². The van der Waals surface area contributed by atoms with Crippen LogP contribution in [0.25, 0.3) is 0 Å². The molecular formula is C19H22Cl2N2O4S. The Balaban J connectivity index is 1.62. The molecule has 2 N–H and O–H groups in total. The van der Waals surface area contributed by atoms with Crippen molar-refractivity contribution in [2.45, 2.75) is 24.7 Å². The summed E-state index contributed by atoms with van der Waals surface area (Å²) < 4.78 is 32.2. The normalized spacial score (nSPS) is 11.2. The quantitative estimate of drug-likeness (QED) is 0.548. The van der Waals surface area contributed by atoms with E-state index in [9.17, 15) is 13.2 Å². The van der Waals surface area contributed by atoms with Gasteiger partial charge in [-0.15, -0.1) is 0 Å². The Labute approximate surface area is 175 Å². The van der Waals surface area contributed by atoms with Gasteiger partial charge < -0.3 is 10.1 Å². The molecule has 28 heavy (non-hydrogen) atoms. The highest BCUT2D eigenvalue weighted by molar-refractivity contribution is 7.89. The Hall–Kier alpha value is -1.80. The SMILES string of the molecule is Cc1ccc(S(=O)(=O)NCCNC(=O)CCCOc2ccc(Cl)cc2Cl)cc1. The number of benzene rings is 2. The highest BCUT2D eigenvalue weighted by atomic mass is 35.5. The van der Waals surface area contributed by atoms with E-state index in [0.29, 0.717) is 28.8 Å². The molecule has 0 aliphatic heterocycles. The van der Waals surface area contributed by atoms with Gasteiger partial charge in [0.15, 0.2) is 0 Å². The van der Waals surface area contributed by atoms with Crippen LogP contribution >= 0.6 is 23.2 Å². The first kappa shape index (κ1) is 22.5. The molecule has 0 radical (unpaired) electrons. The van der Waals surface area contributed by atoms with Gasteiger partial charge in [0, 0.05) is 24.5 Å². The molecule has 0 saturated carbocycles. The molecule has 152 valence electrons. The predicted molar refractivity (Wildman–Crippen MR) is 111 cm³/mol. The molecule has 0 fully saturated rings. The third-order valence-electron chi connectivity index (χ3n) is 3.77. The maximum absolute atomic E-state index is 12.1. The van der Waals surface area contributed by atoms with E-state index < -0.39 is 10.0 Å². The lowest BCUT2D eigenvalue weighted by Crippen LogP contribution is -2.34. The molecule has 2 rings (SSSR count). The van der Waals surface area contributed by atoms with Crippen molar-refractivity contribution in [2.24, 2.45) is 0 Å². The first-order chi connectivity index (χ1) is 13.3. The van der Waals surface area contributed by atoms with Gasteiger partial charge in [0.1, 0.15) is 5.75 Å². The van der Waals surface area contributed by atoms with E-state index in [0.717, 1.165) is 5.56 Å². The first-order valence-corrected chi connectivity index (χ1v) is 10.9. The molecule has 0 spiro atoms. The molecule has 2 aromatic rings. The van der Waals surface area contributed by atoms with Crippen LogP contribution in [0, 0.1) is 6.92 Å². The van der Waals surface area contributed by atoms with E-state index in [1.165, 1.54) is 0 Å². The number of aryl methyl sites for hydroxylation is 1. The summed E-state index contributed by atoms with van der Waals surface area (Å²) in [4.78, 5) is 12.0. The topological polar surface area (TPSA) is 84.5 Å². The van der Waals surface area contributed by atoms with E-state index in [1.54, 1.807) is 42.5 Å². The Bertz CT molecular complexity index is 903. The first-order valence-electron chi connectivity index (χ1n) is 8.69. The largest absolute Gasteiger partial charge is 0.492 e. The minimum absolute atomic E-state index is 0.110. The van der Waals surface area contributed by atoms with E-state index in [2.05, 4.69) is 10.0 Å². The lowest BCUT2D eigenvalue weighted by Gasteiger charge is -2.09. The number of rotatable bonds is 10. The summed E-state index contributed by atoms with van der Waals surface area (Å²) in [6, 6.07) is 11.5. The molecule has 0 bridgehead atoms. The van der Waals surface area contributed by atoms with Gasteiger partial charge in [-0.2, -0.15) is 0 Å². The third-order valence-corrected chi connectivity index (χ3v) is 5.78. The van der Waals surface area contributed by atoms with Crippen LogP contribution in [-0.4, -0.2) is 34.0 Å². The van der Waals surface area contributed by atoms with Crippen LogP contribution in [0.4, 0.5) is 0 Å². The van der Waals surface area contributed by atoms with Crippen LogP contribution in [0.15, 0.2) is 47.4 Å². The summed E-state index contributed by atoms with van der Waals surface area (Å²) >= 11 is 11.8. The zero-order valence-electron chi connectivity index (χ0n) is 15.4. The number of nitrogens with one attached hydrogen (secondary N) is 2. The van der Waals surface area contributed by atoms with Crippen LogP contribution < -0.4 is 14.8 Å². The number of carbonyl (C=O) groups is 1. The number of hydrogen-bond acceptors (Lipinski definition) is 4. The Morgan fingerprint density at radius 1 is 1.07 bits per heavy atom. The summed E-state index contributed by atoms with van der Waals surface area (Å²) in [5.41, 5.74) is 0.980. The van der Waals surface area contributed by atoms with Crippen LogP contribution in [0.2, 0.25) is 10.0 Å². The minimum atomic E-state index is -3.58. The van der Waals surface area contributed by atoms with Gasteiger partial charge in [0.25, 0.3) is 0 Å². The fourth-order valence-corrected chi connectivity index (χ4v) is 3.78. The van der Waals surface area contributed by atoms with Crippen molar-refractivity contribution in [3.63, 3.8) is 0 Å². The maximum atomic E-state index is 12.1. The fourth-order valence-electron chi connectivity index (χ4n) is 2.28. The van der Waals surface area contributed by atoms with Gasteiger partial charge >= 0.3 is 0 Å². The van der Waals surface area contributed by atoms with Gasteiger partial charge in [-0.3, -0.25) is 4.79 Å². The average Bonchev–Trinajstić information content (AvgIpc) is 2.64. The molecular weight excluding hydrogens is 423 g/mol. The fraction of sp³-hybridized carbons (Fsp3) is 0.316. The summed E-state index contributed by atoms with van der Waals surface area (Å²) in [6.45, 7) is 2.52. The van der Waals surface area contributed by atoms with Gasteiger partial charge in [-0.25, -0.2) is 13.1 Å². The average molecular weight is 445 g/mol. The highest BCUT2D eigenvalue weighted by Gasteiger charge is 2.12. The van der Waals surface area contributed by atoms with Gasteiger partial charge in [0.2, 0.25) is 15.9 Å². The van der Waals surface area contributed by atoms with Crippen LogP contribution in [0.3, 0.4) is 0 Å². The third kappa shape index (κ3) is 7.31. The number of carbonyl (C=O) groups excluding carboxylic acids is 1.